The highest BCUT2D eigenvalue weighted by molar-refractivity contribution is 7.80. The zero-order valence-corrected chi connectivity index (χ0v) is 9.93. The van der Waals surface area contributed by atoms with Crippen molar-refractivity contribution in [3.8, 4) is 11.5 Å². The number of nitrogens with one attached hydrogen (secondary N) is 2. The fourth-order valence-electron chi connectivity index (χ4n) is 1.14. The van der Waals surface area contributed by atoms with Crippen LogP contribution in [0.5, 0.6) is 11.5 Å². The molecular weight excluding hydrogens is 226 g/mol. The molecule has 0 unspecified atom stereocenters. The lowest BCUT2D eigenvalue weighted by Gasteiger charge is -2.04. The molecule has 1 rings (SSSR count). The molecule has 0 amide bonds. The number of hydrazine groups is 1. The van der Waals surface area contributed by atoms with Crippen molar-refractivity contribution in [1.29, 1.82) is 0 Å². The molecule has 0 atom stereocenters. The molecule has 4 N–H and O–H groups in total. The standard InChI is InChI=1S/C10H13N3O2S/c1-14-8-3-4-9(15-2)7(5-8)6-12-13-10(11)16/h3-6H,1-2H3,(H3,11,13,16)/p+1. The minimum Gasteiger partial charge on any atom is -0.497 e. The number of ether oxygens (including phenoxy) is 2. The van der Waals surface area contributed by atoms with Crippen LogP contribution in [-0.4, -0.2) is 25.5 Å². The summed E-state index contributed by atoms with van der Waals surface area (Å²) in [6, 6.07) is 5.46. The van der Waals surface area contributed by atoms with Crippen LogP contribution in [0.4, 0.5) is 0 Å². The average Bonchev–Trinajstić information content (AvgIpc) is 2.28. The minimum absolute atomic E-state index is 0.165. The molecule has 86 valence electrons. The number of hydrogen-bond donors (Lipinski definition) is 3. The summed E-state index contributed by atoms with van der Waals surface area (Å²) in [5, 5.41) is 2.92. The highest BCUT2D eigenvalue weighted by Crippen LogP contribution is 2.21. The van der Waals surface area contributed by atoms with Gasteiger partial charge < -0.3 is 15.2 Å². The van der Waals surface area contributed by atoms with Crippen molar-refractivity contribution in [1.82, 2.24) is 5.43 Å². The summed E-state index contributed by atoms with van der Waals surface area (Å²) in [6.07, 6.45) is 1.68. The third kappa shape index (κ3) is 3.39. The quantitative estimate of drug-likeness (QED) is 0.356. The Labute approximate surface area is 99.2 Å². The van der Waals surface area contributed by atoms with Gasteiger partial charge in [0, 0.05) is 0 Å². The van der Waals surface area contributed by atoms with E-state index in [-0.39, 0.29) is 5.11 Å². The highest BCUT2D eigenvalue weighted by Gasteiger charge is 2.04. The van der Waals surface area contributed by atoms with E-state index >= 15 is 0 Å². The summed E-state index contributed by atoms with van der Waals surface area (Å²) < 4.78 is 10.3. The van der Waals surface area contributed by atoms with Crippen molar-refractivity contribution in [3.63, 3.8) is 0 Å². The molecule has 0 bridgehead atoms. The van der Waals surface area contributed by atoms with Crippen molar-refractivity contribution in [3.05, 3.63) is 23.8 Å². The number of hydrogen-bond acceptors (Lipinski definition) is 3. The van der Waals surface area contributed by atoms with Gasteiger partial charge in [-0.1, -0.05) is 0 Å². The minimum atomic E-state index is 0.165. The molecule has 0 spiro atoms. The summed E-state index contributed by atoms with van der Waals surface area (Å²) in [4.78, 5) is 0. The van der Waals surface area contributed by atoms with Crippen LogP contribution in [-0.2, 0) is 0 Å². The predicted molar refractivity (Wildman–Crippen MR) is 65.6 cm³/mol. The van der Waals surface area contributed by atoms with Crippen molar-refractivity contribution >= 4 is 23.5 Å². The van der Waals surface area contributed by atoms with E-state index in [1.54, 1.807) is 20.4 Å². The molecule has 5 nitrogen and oxygen atoms in total. The van der Waals surface area contributed by atoms with E-state index in [2.05, 4.69) is 22.7 Å². The Morgan fingerprint density at radius 3 is 2.75 bits per heavy atom. The molecule has 0 saturated heterocycles. The zero-order chi connectivity index (χ0) is 12.0. The monoisotopic (exact) mass is 240 g/mol. The maximum Gasteiger partial charge on any atom is 0.221 e. The first-order valence-corrected chi connectivity index (χ1v) is 4.94. The van der Waals surface area contributed by atoms with Crippen LogP contribution in [0.1, 0.15) is 5.56 Å². The molecule has 1 aromatic rings. The molecule has 0 heterocycles. The van der Waals surface area contributed by atoms with Gasteiger partial charge in [-0.3, -0.25) is 0 Å². The lowest BCUT2D eigenvalue weighted by molar-refractivity contribution is -0.499. The Balaban J connectivity index is 2.90. The van der Waals surface area contributed by atoms with E-state index < -0.39 is 0 Å². The van der Waals surface area contributed by atoms with Gasteiger partial charge in [-0.15, -0.1) is 10.5 Å². The summed E-state index contributed by atoms with van der Waals surface area (Å²) >= 11 is 4.65. The van der Waals surface area contributed by atoms with E-state index in [1.807, 2.05) is 18.2 Å². The van der Waals surface area contributed by atoms with E-state index in [9.17, 15) is 0 Å². The average molecular weight is 240 g/mol. The Hall–Kier alpha value is -1.82. The fraction of sp³-hybridized carbons (Fsp3) is 0.200. The van der Waals surface area contributed by atoms with Crippen LogP contribution in [0, 0.1) is 0 Å². The second-order valence-electron chi connectivity index (χ2n) is 2.89. The van der Waals surface area contributed by atoms with Gasteiger partial charge in [0.15, 0.2) is 0 Å². The summed E-state index contributed by atoms with van der Waals surface area (Å²) in [6.45, 7) is 0. The molecule has 0 aliphatic carbocycles. The lowest BCUT2D eigenvalue weighted by Crippen LogP contribution is -2.82. The molecule has 0 aliphatic heterocycles. The van der Waals surface area contributed by atoms with E-state index in [4.69, 9.17) is 15.2 Å². The number of benzene rings is 1. The maximum absolute atomic E-state index is 5.27. The third-order valence-corrected chi connectivity index (χ3v) is 1.96. The van der Waals surface area contributed by atoms with Gasteiger partial charge in [0.25, 0.3) is 0 Å². The second kappa shape index (κ2) is 5.92. The van der Waals surface area contributed by atoms with Crippen LogP contribution in [0.25, 0.3) is 0 Å². The van der Waals surface area contributed by atoms with Crippen molar-refractivity contribution < 1.29 is 14.6 Å². The number of hydrazone groups is 1. The molecule has 0 fully saturated rings. The maximum atomic E-state index is 5.27. The van der Waals surface area contributed by atoms with Crippen LogP contribution >= 0.6 is 12.2 Å². The van der Waals surface area contributed by atoms with Crippen LogP contribution < -0.4 is 25.7 Å². The third-order valence-electron chi connectivity index (χ3n) is 1.86. The first kappa shape index (κ1) is 12.3. The van der Waals surface area contributed by atoms with E-state index in [0.717, 1.165) is 17.1 Å². The number of methoxy groups -OCH3 is 2. The largest absolute Gasteiger partial charge is 0.497 e. The van der Waals surface area contributed by atoms with Crippen molar-refractivity contribution in [2.45, 2.75) is 0 Å². The fourth-order valence-corrected chi connectivity index (χ4v) is 1.20. The molecule has 0 aromatic heterocycles. The molecule has 0 radical (unpaired) electrons. The van der Waals surface area contributed by atoms with Gasteiger partial charge in [-0.25, -0.2) is 0 Å². The lowest BCUT2D eigenvalue weighted by atomic mass is 10.2. The summed E-state index contributed by atoms with van der Waals surface area (Å²) in [5.41, 5.74) is 8.68. The molecule has 1 aromatic carbocycles. The molecule has 6 heteroatoms. The van der Waals surface area contributed by atoms with Gasteiger partial charge in [0.2, 0.25) is 11.3 Å². The van der Waals surface area contributed by atoms with Crippen LogP contribution in [0.15, 0.2) is 18.2 Å². The number of nitrogens with two attached hydrogens (primary N) is 1. The SMILES string of the molecule is COc1ccc(OC)c(C=[NH+]NC(N)=S)c1. The zero-order valence-electron chi connectivity index (χ0n) is 9.11. The van der Waals surface area contributed by atoms with Gasteiger partial charge >= 0.3 is 0 Å². The van der Waals surface area contributed by atoms with Crippen molar-refractivity contribution in [2.75, 3.05) is 14.2 Å². The summed E-state index contributed by atoms with van der Waals surface area (Å²) in [5.74, 6) is 1.46. The number of rotatable bonds is 4. The smallest absolute Gasteiger partial charge is 0.221 e. The second-order valence-corrected chi connectivity index (χ2v) is 3.33. The molecule has 16 heavy (non-hydrogen) atoms. The van der Waals surface area contributed by atoms with Crippen LogP contribution in [0.3, 0.4) is 0 Å². The van der Waals surface area contributed by atoms with Gasteiger partial charge in [0.1, 0.15) is 11.5 Å². The van der Waals surface area contributed by atoms with E-state index in [1.165, 1.54) is 0 Å². The van der Waals surface area contributed by atoms with Gasteiger partial charge in [0.05, 0.1) is 19.8 Å². The topological polar surface area (TPSA) is 70.5 Å². The molecular formula is C10H14N3O2S+. The van der Waals surface area contributed by atoms with E-state index in [0.29, 0.717) is 0 Å². The van der Waals surface area contributed by atoms with Crippen molar-refractivity contribution in [2.24, 2.45) is 5.73 Å². The first-order valence-electron chi connectivity index (χ1n) is 4.53. The van der Waals surface area contributed by atoms with Gasteiger partial charge in [-0.05, 0) is 30.4 Å². The normalized spacial score (nSPS) is 10.1. The summed E-state index contributed by atoms with van der Waals surface area (Å²) in [7, 11) is 3.20. The Kier molecular flexibility index (Phi) is 4.53. The molecule has 0 aliphatic rings. The number of thiocarbonyl (C=S) groups is 1. The first-order chi connectivity index (χ1) is 7.67. The predicted octanol–water partition coefficient (Wildman–Crippen LogP) is -1.05. The Morgan fingerprint density at radius 2 is 2.19 bits per heavy atom. The molecule has 0 saturated carbocycles. The highest BCUT2D eigenvalue weighted by atomic mass is 32.1. The Bertz CT molecular complexity index is 407. The Morgan fingerprint density at radius 1 is 1.44 bits per heavy atom. The van der Waals surface area contributed by atoms with Crippen LogP contribution in [0.2, 0.25) is 0 Å². The van der Waals surface area contributed by atoms with Gasteiger partial charge in [-0.2, -0.15) is 0 Å².